The number of hydrogen-bond acceptors (Lipinski definition) is 24. The summed E-state index contributed by atoms with van der Waals surface area (Å²) in [6.45, 7) is 5.37. The van der Waals surface area contributed by atoms with Gasteiger partial charge in [-0.15, -0.1) is 20.4 Å². The van der Waals surface area contributed by atoms with E-state index >= 15 is 0 Å². The van der Waals surface area contributed by atoms with Crippen LogP contribution in [0.5, 0.6) is 0 Å². The lowest BCUT2D eigenvalue weighted by Gasteiger charge is -2.36. The number of nitrogens with two attached hydrogens (primary N) is 1. The number of nitrogens with zero attached hydrogens (tertiary/aromatic N) is 21. The molecular formula is C42H56N24O6. The van der Waals surface area contributed by atoms with Crippen molar-refractivity contribution in [2.75, 3.05) is 28.6 Å². The van der Waals surface area contributed by atoms with E-state index in [4.69, 9.17) is 45.1 Å². The van der Waals surface area contributed by atoms with Gasteiger partial charge in [0.2, 0.25) is 23.5 Å². The molecule has 72 heavy (non-hydrogen) atoms. The van der Waals surface area contributed by atoms with Gasteiger partial charge in [-0.25, -0.2) is 19.9 Å². The molecule has 2 saturated heterocycles. The second-order valence-corrected chi connectivity index (χ2v) is 18.3. The van der Waals surface area contributed by atoms with Crippen LogP contribution in [0.15, 0.2) is 37.7 Å². The Kier molecular flexibility index (Phi) is 12.7. The van der Waals surface area contributed by atoms with Gasteiger partial charge in [0.05, 0.1) is 49.8 Å². The second-order valence-electron chi connectivity index (χ2n) is 18.3. The van der Waals surface area contributed by atoms with Gasteiger partial charge in [0.15, 0.2) is 58.6 Å². The van der Waals surface area contributed by atoms with E-state index in [2.05, 4.69) is 51.4 Å². The Bertz CT molecular complexity index is 2960. The highest BCUT2D eigenvalue weighted by molar-refractivity contribution is 5.93. The number of aromatic nitrogens is 20. The SMILES string of the molecule is CCn1nnc(C2OC(n3cnc4c(N(c5nc(NCCc6cn(C)cn6)nc6c5ncn6C5OC(c6nnn(CC)n6)C(O)C5O)C5CCC(N)CC5)nc(NCCc5cn(C)cn5)nc43)C(O)C2O)n1. The van der Waals surface area contributed by atoms with Crippen LogP contribution < -0.4 is 21.3 Å². The number of rotatable bonds is 17. The molecule has 8 unspecified atom stereocenters. The first-order chi connectivity index (χ1) is 34.9. The number of fused-ring (bicyclic) bond motifs is 2. The van der Waals surface area contributed by atoms with E-state index in [0.717, 1.165) is 11.4 Å². The average molecular weight is 993 g/mol. The zero-order chi connectivity index (χ0) is 49.8. The smallest absolute Gasteiger partial charge is 0.226 e. The highest BCUT2D eigenvalue weighted by atomic mass is 16.6. The molecule has 1 saturated carbocycles. The van der Waals surface area contributed by atoms with Gasteiger partial charge in [-0.2, -0.15) is 29.5 Å². The predicted molar refractivity (Wildman–Crippen MR) is 251 cm³/mol. The van der Waals surface area contributed by atoms with Crippen molar-refractivity contribution in [1.29, 1.82) is 0 Å². The number of tetrazole rings is 2. The molecule has 8 atom stereocenters. The molecule has 380 valence electrons. The summed E-state index contributed by atoms with van der Waals surface area (Å²) in [6.07, 6.45) is 3.64. The maximum atomic E-state index is 11.6. The minimum Gasteiger partial charge on any atom is -0.387 e. The number of aliphatic hydroxyl groups excluding tert-OH is 4. The summed E-state index contributed by atoms with van der Waals surface area (Å²) in [6, 6.07) is -0.315. The van der Waals surface area contributed by atoms with Gasteiger partial charge >= 0.3 is 0 Å². The monoisotopic (exact) mass is 992 g/mol. The van der Waals surface area contributed by atoms with E-state index in [1.54, 1.807) is 21.8 Å². The maximum Gasteiger partial charge on any atom is 0.226 e. The molecule has 3 aliphatic rings. The lowest BCUT2D eigenvalue weighted by Crippen LogP contribution is -2.39. The minimum absolute atomic E-state index is 0.0347. The number of nitrogens with one attached hydrogen (secondary N) is 2. The third-order valence-corrected chi connectivity index (χ3v) is 13.3. The third-order valence-electron chi connectivity index (χ3n) is 13.3. The first kappa shape index (κ1) is 47.1. The van der Waals surface area contributed by atoms with E-state index in [0.29, 0.717) is 87.4 Å². The maximum absolute atomic E-state index is 11.6. The van der Waals surface area contributed by atoms with E-state index < -0.39 is 49.1 Å². The predicted octanol–water partition coefficient (Wildman–Crippen LogP) is -0.853. The van der Waals surface area contributed by atoms with Crippen LogP contribution in [-0.2, 0) is 49.5 Å². The average Bonchev–Trinajstić information content (AvgIpc) is 4.26. The molecule has 0 amide bonds. The van der Waals surface area contributed by atoms with E-state index in [1.165, 1.54) is 22.2 Å². The second kappa shape index (κ2) is 19.4. The molecule has 0 aromatic carbocycles. The molecular weight excluding hydrogens is 937 g/mol. The first-order valence-corrected chi connectivity index (χ1v) is 24.0. The van der Waals surface area contributed by atoms with Gasteiger partial charge in [0.25, 0.3) is 0 Å². The summed E-state index contributed by atoms with van der Waals surface area (Å²) in [7, 11) is 3.81. The number of imidazole rings is 4. The fraction of sp³-hybridized carbons (Fsp3) is 0.571. The van der Waals surface area contributed by atoms with Crippen LogP contribution in [0.3, 0.4) is 0 Å². The van der Waals surface area contributed by atoms with E-state index in [-0.39, 0.29) is 46.9 Å². The van der Waals surface area contributed by atoms with Gasteiger partial charge in [0, 0.05) is 64.5 Å². The number of hydrogen-bond donors (Lipinski definition) is 7. The lowest BCUT2D eigenvalue weighted by atomic mass is 9.90. The molecule has 0 spiro atoms. The summed E-state index contributed by atoms with van der Waals surface area (Å²) >= 11 is 0. The van der Waals surface area contributed by atoms with Crippen molar-refractivity contribution in [3.05, 3.63) is 60.7 Å². The van der Waals surface area contributed by atoms with Crippen molar-refractivity contribution < 1.29 is 29.9 Å². The standard InChI is InChI=1S/C42H56N24O6/c1-5-64-56-33(54-58-64)31-27(67)29(69)39(71-31)62-19-48-25-35(62)50-41(44-13-11-22-15-60(3)17-46-22)52-37(25)66(24-9-7-21(43)8-10-24)38-26-36(51-42(53-38)45-14-12-23-16-61(4)18-47-23)63(20-49-26)40-30(70)28(68)32(72-40)34-55-59-65(6-2)57-34/h15-21,24,27-32,39-40,67-70H,5-14,43H2,1-4H3,(H,44,50,52)(H,45,51,53). The van der Waals surface area contributed by atoms with Crippen molar-refractivity contribution in [1.82, 2.24) is 98.6 Å². The van der Waals surface area contributed by atoms with Crippen LogP contribution >= 0.6 is 0 Å². The summed E-state index contributed by atoms with van der Waals surface area (Å²) in [5.41, 5.74) is 9.42. The molecule has 10 heterocycles. The molecule has 11 rings (SSSR count). The lowest BCUT2D eigenvalue weighted by molar-refractivity contribution is -0.0384. The topological polar surface area (TPSA) is 363 Å². The van der Waals surface area contributed by atoms with E-state index in [9.17, 15) is 20.4 Å². The fourth-order valence-corrected chi connectivity index (χ4v) is 9.48. The normalized spacial score (nSPS) is 25.6. The Balaban J connectivity index is 1.05. The third kappa shape index (κ3) is 8.82. The summed E-state index contributed by atoms with van der Waals surface area (Å²) in [5.74, 6) is 1.33. The summed E-state index contributed by atoms with van der Waals surface area (Å²) < 4.78 is 19.6. The van der Waals surface area contributed by atoms with Gasteiger partial charge in [-0.3, -0.25) is 9.13 Å². The molecule has 2 aliphatic heterocycles. The Morgan fingerprint density at radius 3 is 1.49 bits per heavy atom. The minimum atomic E-state index is -1.46. The molecule has 8 aromatic heterocycles. The van der Waals surface area contributed by atoms with Crippen molar-refractivity contribution in [2.45, 2.75) is 127 Å². The van der Waals surface area contributed by atoms with Gasteiger partial charge in [-0.1, -0.05) is 0 Å². The molecule has 30 nitrogen and oxygen atoms in total. The first-order valence-electron chi connectivity index (χ1n) is 24.0. The zero-order valence-corrected chi connectivity index (χ0v) is 39.9. The Morgan fingerprint density at radius 2 is 1.08 bits per heavy atom. The van der Waals surface area contributed by atoms with Gasteiger partial charge in [-0.05, 0) is 50.0 Å². The molecule has 30 heteroatoms. The Labute approximate surface area is 409 Å². The molecule has 8 N–H and O–H groups in total. The van der Waals surface area contributed by atoms with Crippen molar-refractivity contribution in [3.63, 3.8) is 0 Å². The molecule has 0 bridgehead atoms. The van der Waals surface area contributed by atoms with Crippen LogP contribution in [0.25, 0.3) is 22.3 Å². The molecule has 3 fully saturated rings. The number of aliphatic hydroxyl groups is 4. The largest absolute Gasteiger partial charge is 0.387 e. The van der Waals surface area contributed by atoms with Crippen LogP contribution in [0.4, 0.5) is 23.5 Å². The summed E-state index contributed by atoms with van der Waals surface area (Å²) in [5, 5.41) is 77.7. The number of anilines is 4. The summed E-state index contributed by atoms with van der Waals surface area (Å²) in [4.78, 5) is 43.8. The van der Waals surface area contributed by atoms with Crippen LogP contribution in [0, 0.1) is 0 Å². The number of ether oxygens (including phenoxy) is 2. The van der Waals surface area contributed by atoms with Crippen molar-refractivity contribution in [2.24, 2.45) is 19.8 Å². The van der Waals surface area contributed by atoms with Crippen LogP contribution in [0.1, 0.15) is 87.2 Å². The van der Waals surface area contributed by atoms with E-state index in [1.807, 2.05) is 54.4 Å². The van der Waals surface area contributed by atoms with Crippen molar-refractivity contribution >= 4 is 45.9 Å². The van der Waals surface area contributed by atoms with Gasteiger partial charge in [0.1, 0.15) is 24.4 Å². The highest BCUT2D eigenvalue weighted by Crippen LogP contribution is 2.44. The van der Waals surface area contributed by atoms with Crippen LogP contribution in [0.2, 0.25) is 0 Å². The van der Waals surface area contributed by atoms with Crippen LogP contribution in [-0.4, -0.2) is 169 Å². The number of aryl methyl sites for hydroxylation is 4. The Hall–Kier alpha value is -7.22. The molecule has 0 radical (unpaired) electrons. The molecule has 1 aliphatic carbocycles. The fourth-order valence-electron chi connectivity index (χ4n) is 9.48. The van der Waals surface area contributed by atoms with Crippen molar-refractivity contribution in [3.8, 4) is 0 Å². The quantitative estimate of drug-likeness (QED) is 0.0584. The zero-order valence-electron chi connectivity index (χ0n) is 39.9. The molecule has 8 aromatic rings. The van der Waals surface area contributed by atoms with Gasteiger partial charge < -0.3 is 60.3 Å². The highest BCUT2D eigenvalue weighted by Gasteiger charge is 2.49. The Morgan fingerprint density at radius 1 is 0.625 bits per heavy atom.